The minimum atomic E-state index is -3.67. The molecule has 0 aliphatic carbocycles. The van der Waals surface area contributed by atoms with Crippen LogP contribution in [0.3, 0.4) is 0 Å². The fourth-order valence-electron chi connectivity index (χ4n) is 3.07. The number of nitro groups is 1. The maximum atomic E-state index is 12.5. The van der Waals surface area contributed by atoms with Gasteiger partial charge in [0.1, 0.15) is 0 Å². The fourth-order valence-corrected chi connectivity index (χ4v) is 4.15. The topological polar surface area (TPSA) is 110 Å². The summed E-state index contributed by atoms with van der Waals surface area (Å²) in [5.41, 5.74) is 2.39. The highest BCUT2D eigenvalue weighted by atomic mass is 32.2. The second kappa shape index (κ2) is 7.45. The summed E-state index contributed by atoms with van der Waals surface area (Å²) in [5, 5.41) is 10.6. The molecule has 0 spiro atoms. The average Bonchev–Trinajstić information content (AvgIpc) is 3.05. The second-order valence-corrected chi connectivity index (χ2v) is 8.05. The molecule has 0 saturated heterocycles. The van der Waals surface area contributed by atoms with Crippen molar-refractivity contribution in [3.05, 3.63) is 63.7 Å². The summed E-state index contributed by atoms with van der Waals surface area (Å²) in [6, 6.07) is 10.8. The van der Waals surface area contributed by atoms with Crippen molar-refractivity contribution < 1.29 is 18.1 Å². The van der Waals surface area contributed by atoms with Crippen molar-refractivity contribution in [2.45, 2.75) is 24.7 Å². The van der Waals surface area contributed by atoms with E-state index in [0.29, 0.717) is 19.4 Å². The van der Waals surface area contributed by atoms with E-state index in [9.17, 15) is 23.3 Å². The van der Waals surface area contributed by atoms with Gasteiger partial charge in [-0.2, -0.15) is 0 Å². The molecule has 0 saturated carbocycles. The van der Waals surface area contributed by atoms with Crippen LogP contribution in [0.2, 0.25) is 0 Å². The molecule has 2 aromatic rings. The Balaban J connectivity index is 1.65. The number of nitro benzene ring substituents is 1. The van der Waals surface area contributed by atoms with Gasteiger partial charge in [0.25, 0.3) is 5.69 Å². The Morgan fingerprint density at radius 1 is 1.22 bits per heavy atom. The molecule has 1 amide bonds. The molecule has 142 valence electrons. The number of sulfonamides is 1. The number of non-ortho nitro benzene ring substituents is 1. The first kappa shape index (κ1) is 19.0. The number of nitrogens with one attached hydrogen (secondary N) is 1. The normalized spacial score (nSPS) is 13.4. The van der Waals surface area contributed by atoms with Crippen LogP contribution in [0.25, 0.3) is 0 Å². The third-order valence-corrected chi connectivity index (χ3v) is 5.95. The van der Waals surface area contributed by atoms with Crippen LogP contribution in [0.15, 0.2) is 47.4 Å². The summed E-state index contributed by atoms with van der Waals surface area (Å²) in [4.78, 5) is 23.5. The monoisotopic (exact) mass is 389 g/mol. The molecular formula is C18H19N3O5S. The van der Waals surface area contributed by atoms with Crippen molar-refractivity contribution in [3.63, 3.8) is 0 Å². The lowest BCUT2D eigenvalue weighted by Gasteiger charge is -2.15. The quantitative estimate of drug-likeness (QED) is 0.600. The predicted octanol–water partition coefficient (Wildman–Crippen LogP) is 2.02. The van der Waals surface area contributed by atoms with E-state index in [-0.39, 0.29) is 23.0 Å². The summed E-state index contributed by atoms with van der Waals surface area (Å²) in [6.45, 7) is 2.22. The zero-order chi connectivity index (χ0) is 19.6. The van der Waals surface area contributed by atoms with E-state index >= 15 is 0 Å². The number of benzene rings is 2. The Labute approximate surface area is 157 Å². The lowest BCUT2D eigenvalue weighted by Crippen LogP contribution is -2.26. The maximum absolute atomic E-state index is 12.5. The first-order valence-corrected chi connectivity index (χ1v) is 9.90. The molecule has 1 aliphatic heterocycles. The van der Waals surface area contributed by atoms with Gasteiger partial charge < -0.3 is 4.90 Å². The third kappa shape index (κ3) is 4.15. The van der Waals surface area contributed by atoms with E-state index in [1.165, 1.54) is 25.1 Å². The number of hydrogen-bond acceptors (Lipinski definition) is 5. The molecular weight excluding hydrogens is 370 g/mol. The number of carbonyl (C=O) groups excluding carboxylic acids is 1. The zero-order valence-corrected chi connectivity index (χ0v) is 15.5. The Morgan fingerprint density at radius 2 is 1.93 bits per heavy atom. The number of amides is 1. The standard InChI is InChI=1S/C18H19N3O5S/c1-13(22)20-11-9-15-12-17(6-7-18(15)20)27(25,26)19-10-8-14-2-4-16(5-3-14)21(23)24/h2-7,12,19H,8-11H2,1H3. The number of carbonyl (C=O) groups is 1. The molecule has 8 nitrogen and oxygen atoms in total. The molecule has 9 heteroatoms. The summed E-state index contributed by atoms with van der Waals surface area (Å²) in [7, 11) is -3.67. The Bertz CT molecular complexity index is 987. The molecule has 0 radical (unpaired) electrons. The van der Waals surface area contributed by atoms with E-state index in [0.717, 1.165) is 16.8 Å². The van der Waals surface area contributed by atoms with E-state index in [1.54, 1.807) is 29.2 Å². The van der Waals surface area contributed by atoms with E-state index in [4.69, 9.17) is 0 Å². The zero-order valence-electron chi connectivity index (χ0n) is 14.7. The van der Waals surface area contributed by atoms with Gasteiger partial charge in [0.2, 0.25) is 15.9 Å². The minimum Gasteiger partial charge on any atom is -0.312 e. The SMILES string of the molecule is CC(=O)N1CCc2cc(S(=O)(=O)NCCc3ccc([N+](=O)[O-])cc3)ccc21. The van der Waals surface area contributed by atoms with Gasteiger partial charge in [-0.1, -0.05) is 12.1 Å². The van der Waals surface area contributed by atoms with E-state index in [1.807, 2.05) is 0 Å². The van der Waals surface area contributed by atoms with Crippen molar-refractivity contribution in [2.24, 2.45) is 0 Å². The summed E-state index contributed by atoms with van der Waals surface area (Å²) < 4.78 is 27.5. The Kier molecular flexibility index (Phi) is 5.24. The molecule has 2 aromatic carbocycles. The molecule has 1 aliphatic rings. The largest absolute Gasteiger partial charge is 0.312 e. The van der Waals surface area contributed by atoms with Gasteiger partial charge in [0, 0.05) is 37.8 Å². The highest BCUT2D eigenvalue weighted by Gasteiger charge is 2.24. The van der Waals surface area contributed by atoms with Crippen LogP contribution in [0.1, 0.15) is 18.1 Å². The molecule has 3 rings (SSSR count). The molecule has 0 bridgehead atoms. The molecule has 0 aromatic heterocycles. The van der Waals surface area contributed by atoms with Gasteiger partial charge in [-0.25, -0.2) is 13.1 Å². The minimum absolute atomic E-state index is 0.00271. The van der Waals surface area contributed by atoms with Gasteiger partial charge in [0.15, 0.2) is 0 Å². The van der Waals surface area contributed by atoms with Crippen LogP contribution >= 0.6 is 0 Å². The lowest BCUT2D eigenvalue weighted by molar-refractivity contribution is -0.384. The van der Waals surface area contributed by atoms with Crippen LogP contribution < -0.4 is 9.62 Å². The average molecular weight is 389 g/mol. The first-order valence-electron chi connectivity index (χ1n) is 8.42. The van der Waals surface area contributed by atoms with Crippen LogP contribution in [-0.2, 0) is 27.7 Å². The van der Waals surface area contributed by atoms with Crippen molar-refractivity contribution >= 4 is 27.3 Å². The first-order chi connectivity index (χ1) is 12.8. The molecule has 0 unspecified atom stereocenters. The summed E-state index contributed by atoms with van der Waals surface area (Å²) in [6.07, 6.45) is 1.04. The van der Waals surface area contributed by atoms with Crippen LogP contribution in [0, 0.1) is 10.1 Å². The van der Waals surface area contributed by atoms with Crippen LogP contribution in [0.4, 0.5) is 11.4 Å². The Morgan fingerprint density at radius 3 is 2.56 bits per heavy atom. The molecule has 0 atom stereocenters. The number of rotatable bonds is 6. The summed E-state index contributed by atoms with van der Waals surface area (Å²) >= 11 is 0. The van der Waals surface area contributed by atoms with E-state index in [2.05, 4.69) is 4.72 Å². The highest BCUT2D eigenvalue weighted by molar-refractivity contribution is 7.89. The molecule has 27 heavy (non-hydrogen) atoms. The fraction of sp³-hybridized carbons (Fsp3) is 0.278. The van der Waals surface area contributed by atoms with E-state index < -0.39 is 14.9 Å². The number of hydrogen-bond donors (Lipinski definition) is 1. The van der Waals surface area contributed by atoms with Gasteiger partial charge >= 0.3 is 0 Å². The number of anilines is 1. The highest BCUT2D eigenvalue weighted by Crippen LogP contribution is 2.30. The number of fused-ring (bicyclic) bond motifs is 1. The maximum Gasteiger partial charge on any atom is 0.269 e. The van der Waals surface area contributed by atoms with Crippen molar-refractivity contribution in [3.8, 4) is 0 Å². The van der Waals surface area contributed by atoms with Gasteiger partial charge in [-0.3, -0.25) is 14.9 Å². The van der Waals surface area contributed by atoms with Crippen LogP contribution in [0.5, 0.6) is 0 Å². The van der Waals surface area contributed by atoms with Crippen LogP contribution in [-0.4, -0.2) is 32.3 Å². The Hall–Kier alpha value is -2.78. The second-order valence-electron chi connectivity index (χ2n) is 6.28. The summed E-state index contributed by atoms with van der Waals surface area (Å²) in [5.74, 6) is -0.0643. The molecule has 1 heterocycles. The van der Waals surface area contributed by atoms with Gasteiger partial charge in [-0.05, 0) is 42.2 Å². The number of nitrogens with zero attached hydrogens (tertiary/aromatic N) is 2. The van der Waals surface area contributed by atoms with Crippen molar-refractivity contribution in [2.75, 3.05) is 18.0 Å². The van der Waals surface area contributed by atoms with Gasteiger partial charge in [0.05, 0.1) is 9.82 Å². The smallest absolute Gasteiger partial charge is 0.269 e. The molecule has 1 N–H and O–H groups in total. The predicted molar refractivity (Wildman–Crippen MR) is 100 cm³/mol. The van der Waals surface area contributed by atoms with Crippen molar-refractivity contribution in [1.82, 2.24) is 4.72 Å². The molecule has 0 fully saturated rings. The van der Waals surface area contributed by atoms with Crippen molar-refractivity contribution in [1.29, 1.82) is 0 Å². The lowest BCUT2D eigenvalue weighted by atomic mass is 10.1. The third-order valence-electron chi connectivity index (χ3n) is 4.49. The van der Waals surface area contributed by atoms with Gasteiger partial charge in [-0.15, -0.1) is 0 Å².